The normalized spacial score (nSPS) is 14.3. The van der Waals surface area contributed by atoms with Crippen LogP contribution in [0.1, 0.15) is 24.1 Å². The van der Waals surface area contributed by atoms with Gasteiger partial charge >= 0.3 is 0 Å². The summed E-state index contributed by atoms with van der Waals surface area (Å²) >= 11 is 1.53. The largest absolute Gasteiger partial charge is 0.497 e. The maximum Gasteiger partial charge on any atom is 0.255 e. The lowest BCUT2D eigenvalue weighted by molar-refractivity contribution is -0.113. The van der Waals surface area contributed by atoms with Crippen molar-refractivity contribution in [1.82, 2.24) is 14.8 Å². The number of methoxy groups -OCH3 is 3. The van der Waals surface area contributed by atoms with Gasteiger partial charge in [0.1, 0.15) is 23.3 Å². The van der Waals surface area contributed by atoms with Gasteiger partial charge in [-0.1, -0.05) is 42.1 Å². The Morgan fingerprint density at radius 1 is 0.974 bits per heavy atom. The molecule has 3 aromatic carbocycles. The number of aromatic nitrogens is 3. The van der Waals surface area contributed by atoms with E-state index in [1.165, 1.54) is 17.3 Å². The lowest BCUT2D eigenvalue weighted by atomic mass is 9.94. The zero-order chi connectivity index (χ0) is 27.4. The molecule has 2 N–H and O–H groups in total. The van der Waals surface area contributed by atoms with Crippen molar-refractivity contribution in [2.45, 2.75) is 23.9 Å². The molecule has 0 spiro atoms. The Kier molecular flexibility index (Phi) is 7.74. The van der Waals surface area contributed by atoms with Crippen LogP contribution in [0.15, 0.2) is 89.2 Å². The number of hydrogen-bond donors (Lipinski definition) is 2. The minimum atomic E-state index is -0.622. The summed E-state index contributed by atoms with van der Waals surface area (Å²) in [6.07, 6.45) is 0. The highest BCUT2D eigenvalue weighted by atomic mass is 32.2. The van der Waals surface area contributed by atoms with E-state index < -0.39 is 6.04 Å². The Labute approximate surface area is 231 Å². The van der Waals surface area contributed by atoms with E-state index in [9.17, 15) is 4.79 Å². The van der Waals surface area contributed by atoms with Gasteiger partial charge in [0, 0.05) is 22.7 Å². The van der Waals surface area contributed by atoms with Gasteiger partial charge in [-0.15, -0.1) is 5.10 Å². The first kappa shape index (κ1) is 26.2. The third-order valence-corrected chi connectivity index (χ3v) is 7.28. The number of allylic oxidation sites excluding steroid dienone is 1. The fraction of sp³-hybridized carbons (Fsp3) is 0.207. The van der Waals surface area contributed by atoms with Crippen LogP contribution in [0.4, 0.5) is 11.6 Å². The molecule has 0 aliphatic carbocycles. The number of amides is 1. The summed E-state index contributed by atoms with van der Waals surface area (Å²) in [6, 6.07) is 22.2. The second-order valence-corrected chi connectivity index (χ2v) is 9.74. The molecular weight excluding hydrogens is 514 g/mol. The number of nitrogens with one attached hydrogen (secondary N) is 2. The van der Waals surface area contributed by atoms with Gasteiger partial charge in [0.15, 0.2) is 0 Å². The number of benzene rings is 3. The first-order valence-electron chi connectivity index (χ1n) is 12.3. The summed E-state index contributed by atoms with van der Waals surface area (Å²) < 4.78 is 18.2. The smallest absolute Gasteiger partial charge is 0.255 e. The average molecular weight is 544 g/mol. The number of ether oxygens (including phenoxy) is 3. The zero-order valence-electron chi connectivity index (χ0n) is 22.1. The number of fused-ring (bicyclic) bond motifs is 1. The van der Waals surface area contributed by atoms with Crippen LogP contribution >= 0.6 is 11.8 Å². The highest BCUT2D eigenvalue weighted by Crippen LogP contribution is 2.41. The molecule has 39 heavy (non-hydrogen) atoms. The van der Waals surface area contributed by atoms with Gasteiger partial charge in [-0.05, 0) is 55.0 Å². The van der Waals surface area contributed by atoms with Crippen molar-refractivity contribution in [1.29, 1.82) is 0 Å². The molecule has 0 saturated heterocycles. The van der Waals surface area contributed by atoms with Crippen LogP contribution in [0.5, 0.6) is 17.2 Å². The van der Waals surface area contributed by atoms with Gasteiger partial charge in [0.25, 0.3) is 5.91 Å². The monoisotopic (exact) mass is 543 g/mol. The summed E-state index contributed by atoms with van der Waals surface area (Å²) in [6.45, 7) is 1.86. The summed E-state index contributed by atoms with van der Waals surface area (Å²) in [5.74, 6) is 2.92. The van der Waals surface area contributed by atoms with Gasteiger partial charge in [0.05, 0.1) is 26.9 Å². The third-order valence-electron chi connectivity index (χ3n) is 6.37. The van der Waals surface area contributed by atoms with Gasteiger partial charge in [0.2, 0.25) is 11.1 Å². The Bertz CT molecular complexity index is 1500. The second kappa shape index (κ2) is 11.5. The van der Waals surface area contributed by atoms with Crippen LogP contribution in [0.2, 0.25) is 0 Å². The minimum absolute atomic E-state index is 0.278. The lowest BCUT2D eigenvalue weighted by Crippen LogP contribution is -2.31. The topological polar surface area (TPSA) is 99.5 Å². The number of carbonyl (C=O) groups excluding carboxylic acids is 1. The molecular formula is C29H29N5O4S. The molecule has 1 aliphatic heterocycles. The molecule has 5 rings (SSSR count). The standard InChI is InChI=1S/C29H29N5O4S/c1-18-25(27(35)31-20-10-12-21(36-2)13-11-20)26(23-16-22(37-3)14-15-24(23)38-4)34-28(30-18)32-29(33-34)39-17-19-8-6-5-7-9-19/h5-16,26H,17H2,1-4H3,(H,31,35)(H,30,32,33)/t26-/m0/s1. The molecule has 1 aliphatic rings. The third kappa shape index (κ3) is 5.56. The Balaban J connectivity index is 1.54. The predicted octanol–water partition coefficient (Wildman–Crippen LogP) is 5.52. The van der Waals surface area contributed by atoms with Crippen LogP contribution in [0, 0.1) is 0 Å². The van der Waals surface area contributed by atoms with E-state index in [-0.39, 0.29) is 5.91 Å². The van der Waals surface area contributed by atoms with E-state index in [0.717, 1.165) is 5.56 Å². The van der Waals surface area contributed by atoms with E-state index in [1.807, 2.05) is 43.3 Å². The first-order valence-corrected chi connectivity index (χ1v) is 13.3. The molecule has 1 aromatic heterocycles. The van der Waals surface area contributed by atoms with E-state index in [0.29, 0.717) is 51.1 Å². The Morgan fingerprint density at radius 3 is 2.38 bits per heavy atom. The van der Waals surface area contributed by atoms with Crippen molar-refractivity contribution in [3.05, 3.63) is 95.2 Å². The fourth-order valence-corrected chi connectivity index (χ4v) is 5.21. The minimum Gasteiger partial charge on any atom is -0.497 e. The SMILES string of the molecule is COc1ccc(NC(=O)C2=C(C)Nc3nc(SCc4ccccc4)nn3[C@H]2c2cc(OC)ccc2OC)cc1. The van der Waals surface area contributed by atoms with Crippen molar-refractivity contribution in [3.63, 3.8) is 0 Å². The van der Waals surface area contributed by atoms with E-state index >= 15 is 0 Å². The Hall–Kier alpha value is -4.44. The van der Waals surface area contributed by atoms with Crippen LogP contribution in [-0.2, 0) is 10.5 Å². The molecule has 0 saturated carbocycles. The summed E-state index contributed by atoms with van der Waals surface area (Å²) in [4.78, 5) is 18.6. The molecule has 10 heteroatoms. The number of carbonyl (C=O) groups is 1. The highest BCUT2D eigenvalue weighted by Gasteiger charge is 2.36. The fourth-order valence-electron chi connectivity index (χ4n) is 4.42. The predicted molar refractivity (Wildman–Crippen MR) is 152 cm³/mol. The average Bonchev–Trinajstić information content (AvgIpc) is 3.38. The first-order chi connectivity index (χ1) is 19.0. The molecule has 0 fully saturated rings. The van der Waals surface area contributed by atoms with Crippen molar-refractivity contribution < 1.29 is 19.0 Å². The summed E-state index contributed by atoms with van der Waals surface area (Å²) in [5.41, 5.74) is 3.68. The molecule has 0 radical (unpaired) electrons. The van der Waals surface area contributed by atoms with Crippen LogP contribution < -0.4 is 24.8 Å². The van der Waals surface area contributed by atoms with Crippen molar-refractivity contribution >= 4 is 29.3 Å². The number of anilines is 2. The van der Waals surface area contributed by atoms with Crippen LogP contribution in [0.3, 0.4) is 0 Å². The maximum absolute atomic E-state index is 13.8. The van der Waals surface area contributed by atoms with Crippen molar-refractivity contribution in [2.75, 3.05) is 32.0 Å². The molecule has 2 heterocycles. The molecule has 0 unspecified atom stereocenters. The van der Waals surface area contributed by atoms with Crippen molar-refractivity contribution in [3.8, 4) is 17.2 Å². The molecule has 0 bridgehead atoms. The van der Waals surface area contributed by atoms with Gasteiger partial charge in [-0.2, -0.15) is 4.98 Å². The van der Waals surface area contributed by atoms with Gasteiger partial charge in [-0.25, -0.2) is 4.68 Å². The Morgan fingerprint density at radius 2 is 1.69 bits per heavy atom. The van der Waals surface area contributed by atoms with Crippen LogP contribution in [-0.4, -0.2) is 42.0 Å². The van der Waals surface area contributed by atoms with Crippen molar-refractivity contribution in [2.24, 2.45) is 0 Å². The quantitative estimate of drug-likeness (QED) is 0.266. The molecule has 9 nitrogen and oxygen atoms in total. The summed E-state index contributed by atoms with van der Waals surface area (Å²) in [7, 11) is 4.80. The molecule has 1 atom stereocenters. The molecule has 4 aromatic rings. The van der Waals surface area contributed by atoms with E-state index in [2.05, 4.69) is 22.8 Å². The summed E-state index contributed by atoms with van der Waals surface area (Å²) in [5, 5.41) is 11.7. The maximum atomic E-state index is 13.8. The number of nitrogens with zero attached hydrogens (tertiary/aromatic N) is 3. The molecule has 200 valence electrons. The number of rotatable bonds is 9. The van der Waals surface area contributed by atoms with E-state index in [4.69, 9.17) is 24.3 Å². The highest BCUT2D eigenvalue weighted by molar-refractivity contribution is 7.98. The number of thioether (sulfide) groups is 1. The zero-order valence-corrected chi connectivity index (χ0v) is 22.9. The second-order valence-electron chi connectivity index (χ2n) is 8.79. The molecule has 1 amide bonds. The van der Waals surface area contributed by atoms with Gasteiger partial charge < -0.3 is 24.8 Å². The van der Waals surface area contributed by atoms with E-state index in [1.54, 1.807) is 50.3 Å². The van der Waals surface area contributed by atoms with Crippen LogP contribution in [0.25, 0.3) is 0 Å². The van der Waals surface area contributed by atoms with Gasteiger partial charge in [-0.3, -0.25) is 4.79 Å². The lowest BCUT2D eigenvalue weighted by Gasteiger charge is -2.29. The number of hydrogen-bond acceptors (Lipinski definition) is 8.